The van der Waals surface area contributed by atoms with Crippen LogP contribution in [0.2, 0.25) is 0 Å². The number of hydrogen-bond donors (Lipinski definition) is 2. The van der Waals surface area contributed by atoms with Gasteiger partial charge in [-0.15, -0.1) is 0 Å². The van der Waals surface area contributed by atoms with Crippen LogP contribution in [-0.4, -0.2) is 39.2 Å². The van der Waals surface area contributed by atoms with Crippen LogP contribution in [0, 0.1) is 0 Å². The van der Waals surface area contributed by atoms with Crippen LogP contribution >= 0.6 is 0 Å². The minimum atomic E-state index is -3.69. The molecule has 2 aromatic carbocycles. The molecule has 1 aliphatic heterocycles. The highest BCUT2D eigenvalue weighted by molar-refractivity contribution is 7.89. The van der Waals surface area contributed by atoms with E-state index in [0.29, 0.717) is 22.5 Å². The molecule has 158 valence electrons. The lowest BCUT2D eigenvalue weighted by molar-refractivity contribution is -0.115. The predicted octanol–water partition coefficient (Wildman–Crippen LogP) is 2.99. The number of amides is 1. The van der Waals surface area contributed by atoms with Crippen molar-refractivity contribution >= 4 is 39.5 Å². The van der Waals surface area contributed by atoms with E-state index in [1.165, 1.54) is 18.3 Å². The first-order valence-corrected chi connectivity index (χ1v) is 11.0. The largest absolute Gasteiger partial charge is 0.462 e. The fourth-order valence-electron chi connectivity index (χ4n) is 3.05. The molecule has 0 radical (unpaired) electrons. The van der Waals surface area contributed by atoms with Crippen LogP contribution in [0.5, 0.6) is 0 Å². The Labute approximate surface area is 175 Å². The summed E-state index contributed by atoms with van der Waals surface area (Å²) in [6.45, 7) is 5.45. The molecule has 1 atom stereocenters. The first-order chi connectivity index (χ1) is 14.2. The maximum atomic E-state index is 12.5. The van der Waals surface area contributed by atoms with E-state index in [9.17, 15) is 18.0 Å². The topological polar surface area (TPSA) is 114 Å². The molecular formula is C21H23N3O5S. The first-order valence-electron chi connectivity index (χ1n) is 9.50. The zero-order valence-electron chi connectivity index (χ0n) is 16.9. The molecule has 0 saturated heterocycles. The van der Waals surface area contributed by atoms with Crippen molar-refractivity contribution in [2.75, 3.05) is 11.9 Å². The van der Waals surface area contributed by atoms with Crippen LogP contribution in [0.25, 0.3) is 0 Å². The summed E-state index contributed by atoms with van der Waals surface area (Å²) in [7, 11) is -3.69. The summed E-state index contributed by atoms with van der Waals surface area (Å²) in [5.74, 6) is -1.51. The Balaban J connectivity index is 1.89. The van der Waals surface area contributed by atoms with E-state index in [0.717, 1.165) is 0 Å². The third-order valence-corrected chi connectivity index (χ3v) is 5.99. The maximum Gasteiger partial charge on any atom is 0.338 e. The Morgan fingerprint density at radius 1 is 1.27 bits per heavy atom. The number of benzene rings is 2. The predicted molar refractivity (Wildman–Crippen MR) is 114 cm³/mol. The summed E-state index contributed by atoms with van der Waals surface area (Å²) in [5.41, 5.74) is 1.90. The highest BCUT2D eigenvalue weighted by atomic mass is 32.2. The Kier molecular flexibility index (Phi) is 6.33. The van der Waals surface area contributed by atoms with Crippen molar-refractivity contribution in [3.05, 3.63) is 53.6 Å². The first kappa shape index (κ1) is 21.7. The summed E-state index contributed by atoms with van der Waals surface area (Å²) >= 11 is 0. The molecular weight excluding hydrogens is 406 g/mol. The molecule has 9 heteroatoms. The summed E-state index contributed by atoms with van der Waals surface area (Å²) in [5, 5.41) is 2.73. The number of fused-ring (bicyclic) bond motifs is 1. The van der Waals surface area contributed by atoms with Gasteiger partial charge in [-0.25, -0.2) is 17.9 Å². The number of hydrogen-bond acceptors (Lipinski definition) is 6. The van der Waals surface area contributed by atoms with Gasteiger partial charge in [-0.05, 0) is 62.7 Å². The second-order valence-corrected chi connectivity index (χ2v) is 8.75. The Hall–Kier alpha value is -3.04. The summed E-state index contributed by atoms with van der Waals surface area (Å²) in [6.07, 6.45) is 1.44. The van der Waals surface area contributed by atoms with Crippen molar-refractivity contribution in [2.45, 2.75) is 37.6 Å². The molecule has 1 heterocycles. The van der Waals surface area contributed by atoms with Crippen LogP contribution in [0.3, 0.4) is 0 Å². The molecule has 0 aromatic heterocycles. The van der Waals surface area contributed by atoms with Crippen LogP contribution in [0.4, 0.5) is 11.4 Å². The van der Waals surface area contributed by atoms with Gasteiger partial charge in [-0.2, -0.15) is 0 Å². The van der Waals surface area contributed by atoms with Gasteiger partial charge in [0, 0.05) is 17.9 Å². The number of carbonyl (C=O) groups excluding carboxylic acids is 2. The van der Waals surface area contributed by atoms with E-state index in [1.807, 2.05) is 0 Å². The van der Waals surface area contributed by atoms with Gasteiger partial charge < -0.3 is 10.1 Å². The summed E-state index contributed by atoms with van der Waals surface area (Å²) in [4.78, 5) is 28.7. The fraction of sp³-hybridized carbons (Fsp3) is 0.286. The molecule has 1 aliphatic rings. The Morgan fingerprint density at radius 2 is 2.03 bits per heavy atom. The van der Waals surface area contributed by atoms with Crippen molar-refractivity contribution in [2.24, 2.45) is 4.99 Å². The van der Waals surface area contributed by atoms with E-state index in [4.69, 9.17) is 4.74 Å². The molecule has 0 spiro atoms. The number of sulfonamides is 1. The highest BCUT2D eigenvalue weighted by Crippen LogP contribution is 2.33. The van der Waals surface area contributed by atoms with Crippen LogP contribution < -0.4 is 10.0 Å². The zero-order valence-corrected chi connectivity index (χ0v) is 17.7. The highest BCUT2D eigenvalue weighted by Gasteiger charge is 2.31. The zero-order chi connectivity index (χ0) is 21.9. The van der Waals surface area contributed by atoms with Crippen molar-refractivity contribution < 1.29 is 22.7 Å². The average Bonchev–Trinajstić information content (AvgIpc) is 3.00. The molecule has 2 N–H and O–H groups in total. The third kappa shape index (κ3) is 4.74. The lowest BCUT2D eigenvalue weighted by atomic mass is 10.0. The van der Waals surface area contributed by atoms with E-state index < -0.39 is 21.9 Å². The molecule has 1 unspecified atom stereocenters. The second kappa shape index (κ2) is 8.76. The minimum Gasteiger partial charge on any atom is -0.462 e. The molecule has 0 fully saturated rings. The maximum absolute atomic E-state index is 12.5. The van der Waals surface area contributed by atoms with Gasteiger partial charge in [0.25, 0.3) is 0 Å². The lowest BCUT2D eigenvalue weighted by Crippen LogP contribution is -2.30. The number of esters is 1. The number of rotatable bonds is 7. The molecule has 0 bridgehead atoms. The number of carbonyl (C=O) groups is 2. The molecule has 0 aliphatic carbocycles. The average molecular weight is 429 g/mol. The number of anilines is 1. The normalized spacial score (nSPS) is 16.0. The standard InChI is InChI=1S/C21H23N3O5S/c1-4-29-21(26)14-6-5-7-15(10-14)22-12-18-17-11-16(30(27,28)24-13(2)3)8-9-19(17)23-20(18)25/h5-13,18,24H,4H2,1-3H3,(H,23,25). The smallest absolute Gasteiger partial charge is 0.338 e. The van der Waals surface area contributed by atoms with Crippen LogP contribution in [0.15, 0.2) is 52.4 Å². The number of ether oxygens (including phenoxy) is 1. The molecule has 2 aromatic rings. The van der Waals surface area contributed by atoms with Gasteiger partial charge in [-0.3, -0.25) is 9.79 Å². The third-order valence-electron chi connectivity index (χ3n) is 4.33. The molecule has 30 heavy (non-hydrogen) atoms. The van der Waals surface area contributed by atoms with Crippen molar-refractivity contribution in [3.63, 3.8) is 0 Å². The number of nitrogens with zero attached hydrogens (tertiary/aromatic N) is 1. The van der Waals surface area contributed by atoms with Gasteiger partial charge in [0.15, 0.2) is 0 Å². The van der Waals surface area contributed by atoms with Crippen molar-refractivity contribution in [1.82, 2.24) is 4.72 Å². The van der Waals surface area contributed by atoms with Gasteiger partial charge in [0.1, 0.15) is 5.92 Å². The van der Waals surface area contributed by atoms with Crippen molar-refractivity contribution in [1.29, 1.82) is 0 Å². The molecule has 8 nitrogen and oxygen atoms in total. The van der Waals surface area contributed by atoms with E-state index in [1.54, 1.807) is 51.1 Å². The van der Waals surface area contributed by atoms with Gasteiger partial charge >= 0.3 is 5.97 Å². The second-order valence-electron chi connectivity index (χ2n) is 7.04. The van der Waals surface area contributed by atoms with Gasteiger partial charge in [0.2, 0.25) is 15.9 Å². The van der Waals surface area contributed by atoms with E-state index in [-0.39, 0.29) is 23.5 Å². The number of nitrogens with one attached hydrogen (secondary N) is 2. The molecule has 3 rings (SSSR count). The summed E-state index contributed by atoms with van der Waals surface area (Å²) < 4.78 is 32.4. The molecule has 0 saturated carbocycles. The number of aliphatic imine (C=N–C) groups is 1. The minimum absolute atomic E-state index is 0.0779. The van der Waals surface area contributed by atoms with Crippen LogP contribution in [0.1, 0.15) is 42.6 Å². The van der Waals surface area contributed by atoms with Crippen LogP contribution in [-0.2, 0) is 19.6 Å². The summed E-state index contributed by atoms with van der Waals surface area (Å²) in [6, 6.07) is 10.8. The van der Waals surface area contributed by atoms with Gasteiger partial charge in [0.05, 0.1) is 22.8 Å². The van der Waals surface area contributed by atoms with E-state index in [2.05, 4.69) is 15.0 Å². The fourth-order valence-corrected chi connectivity index (χ4v) is 4.33. The quantitative estimate of drug-likeness (QED) is 0.519. The van der Waals surface area contributed by atoms with E-state index >= 15 is 0 Å². The van der Waals surface area contributed by atoms with Gasteiger partial charge in [-0.1, -0.05) is 6.07 Å². The van der Waals surface area contributed by atoms with Crippen molar-refractivity contribution in [3.8, 4) is 0 Å². The monoisotopic (exact) mass is 429 g/mol. The Bertz CT molecular complexity index is 1110. The molecule has 1 amide bonds. The Morgan fingerprint density at radius 3 is 2.73 bits per heavy atom. The lowest BCUT2D eigenvalue weighted by Gasteiger charge is -2.11. The SMILES string of the molecule is CCOC(=O)c1cccc(N=CC2C(=O)Nc3ccc(S(=O)(=O)NC(C)C)cc32)c1.